The van der Waals surface area contributed by atoms with Crippen molar-refractivity contribution in [3.05, 3.63) is 71.3 Å². The Morgan fingerprint density at radius 2 is 1.75 bits per heavy atom. The molecule has 0 spiro atoms. The van der Waals surface area contributed by atoms with Crippen molar-refractivity contribution in [2.45, 2.75) is 32.8 Å². The number of allylic oxidation sites excluding steroid dienone is 1. The van der Waals surface area contributed by atoms with Crippen molar-refractivity contribution in [2.24, 2.45) is 0 Å². The summed E-state index contributed by atoms with van der Waals surface area (Å²) in [5.41, 5.74) is 2.48. The molecule has 0 heterocycles. The second-order valence-electron chi connectivity index (χ2n) is 6.48. The Bertz CT molecular complexity index is 726. The summed E-state index contributed by atoms with van der Waals surface area (Å²) in [7, 11) is 0. The monoisotopic (exact) mass is 330 g/mol. The predicted molar refractivity (Wildman–Crippen MR) is 91.6 cm³/mol. The van der Waals surface area contributed by atoms with Gasteiger partial charge in [0.2, 0.25) is 0 Å². The van der Waals surface area contributed by atoms with Crippen molar-refractivity contribution in [1.29, 1.82) is 0 Å². The van der Waals surface area contributed by atoms with E-state index >= 15 is 0 Å². The van der Waals surface area contributed by atoms with Crippen LogP contribution in [0.4, 0.5) is 8.78 Å². The van der Waals surface area contributed by atoms with Crippen LogP contribution in [0.25, 0.3) is 6.08 Å². The van der Waals surface area contributed by atoms with E-state index in [4.69, 9.17) is 0 Å². The molecular formula is C20H20F2O2. The van der Waals surface area contributed by atoms with Crippen LogP contribution in [0.1, 0.15) is 42.3 Å². The van der Waals surface area contributed by atoms with Crippen LogP contribution < -0.4 is 4.74 Å². The lowest BCUT2D eigenvalue weighted by Crippen LogP contribution is -2.10. The molecule has 2 aromatic rings. The molecule has 0 fully saturated rings. The Morgan fingerprint density at radius 1 is 1.08 bits per heavy atom. The summed E-state index contributed by atoms with van der Waals surface area (Å²) in [5, 5.41) is 0. The average molecular weight is 330 g/mol. The first-order valence-corrected chi connectivity index (χ1v) is 7.63. The van der Waals surface area contributed by atoms with Gasteiger partial charge in [-0.1, -0.05) is 63.2 Å². The number of carbonyl (C=O) groups is 1. The fourth-order valence-electron chi connectivity index (χ4n) is 2.19. The van der Waals surface area contributed by atoms with Crippen LogP contribution in [0.15, 0.2) is 54.6 Å². The summed E-state index contributed by atoms with van der Waals surface area (Å²) in [6.45, 7) is 3.49. The molecule has 0 saturated heterocycles. The molecule has 0 radical (unpaired) electrons. The summed E-state index contributed by atoms with van der Waals surface area (Å²) in [4.78, 5) is 12.2. The topological polar surface area (TPSA) is 26.3 Å². The molecule has 2 rings (SSSR count). The van der Waals surface area contributed by atoms with Gasteiger partial charge >= 0.3 is 6.61 Å². The molecule has 0 unspecified atom stereocenters. The summed E-state index contributed by atoms with van der Waals surface area (Å²) >= 11 is 0. The molecule has 126 valence electrons. The Balaban J connectivity index is 2.10. The summed E-state index contributed by atoms with van der Waals surface area (Å²) in [5.74, 6) is -0.298. The zero-order valence-electron chi connectivity index (χ0n) is 13.9. The number of hydrogen-bond donors (Lipinski definition) is 0. The van der Waals surface area contributed by atoms with E-state index in [0.29, 0.717) is 5.56 Å². The average Bonchev–Trinajstić information content (AvgIpc) is 2.52. The molecular weight excluding hydrogens is 310 g/mol. The van der Waals surface area contributed by atoms with E-state index < -0.39 is 6.61 Å². The van der Waals surface area contributed by atoms with Gasteiger partial charge in [-0.05, 0) is 34.8 Å². The van der Waals surface area contributed by atoms with Crippen molar-refractivity contribution < 1.29 is 18.3 Å². The Labute approximate surface area is 140 Å². The third-order valence-electron chi connectivity index (χ3n) is 3.55. The molecule has 4 heteroatoms. The molecule has 2 aromatic carbocycles. The highest BCUT2D eigenvalue weighted by molar-refractivity contribution is 6.07. The van der Waals surface area contributed by atoms with Gasteiger partial charge in [-0.3, -0.25) is 4.79 Å². The van der Waals surface area contributed by atoms with Crippen LogP contribution in [0.2, 0.25) is 0 Å². The molecule has 0 aliphatic carbocycles. The van der Waals surface area contributed by atoms with Crippen molar-refractivity contribution >= 4 is 11.9 Å². The predicted octanol–water partition coefficient (Wildman–Crippen LogP) is 5.48. The number of ether oxygens (including phenoxy) is 1. The highest BCUT2D eigenvalue weighted by atomic mass is 19.3. The van der Waals surface area contributed by atoms with E-state index in [0.717, 1.165) is 5.56 Å². The standard InChI is InChI=1S/C20H20F2O2/c1-20(2,3)16-10-7-14(8-11-16)9-12-18(23)15-5-4-6-17(13-15)24-19(21)22/h4-13,19H,1-3H3/b12-9+. The highest BCUT2D eigenvalue weighted by Gasteiger charge is 2.12. The van der Waals surface area contributed by atoms with Crippen LogP contribution in [-0.2, 0) is 5.41 Å². The molecule has 0 aliphatic rings. The van der Waals surface area contributed by atoms with Crippen molar-refractivity contribution in [2.75, 3.05) is 0 Å². The minimum atomic E-state index is -2.91. The third kappa shape index (κ3) is 5.01. The molecule has 0 aliphatic heterocycles. The first kappa shape index (κ1) is 17.9. The lowest BCUT2D eigenvalue weighted by atomic mass is 9.87. The SMILES string of the molecule is CC(C)(C)c1ccc(/C=C/C(=O)c2cccc(OC(F)F)c2)cc1. The summed E-state index contributed by atoms with van der Waals surface area (Å²) in [6.07, 6.45) is 3.13. The van der Waals surface area contributed by atoms with Crippen LogP contribution in [0, 0.1) is 0 Å². The number of alkyl halides is 2. The molecule has 0 N–H and O–H groups in total. The lowest BCUT2D eigenvalue weighted by Gasteiger charge is -2.18. The van der Waals surface area contributed by atoms with Gasteiger partial charge in [0, 0.05) is 5.56 Å². The highest BCUT2D eigenvalue weighted by Crippen LogP contribution is 2.22. The maximum absolute atomic E-state index is 12.2. The molecule has 0 amide bonds. The number of carbonyl (C=O) groups excluding carboxylic acids is 1. The van der Waals surface area contributed by atoms with Crippen molar-refractivity contribution in [1.82, 2.24) is 0 Å². The van der Waals surface area contributed by atoms with E-state index in [9.17, 15) is 13.6 Å². The second kappa shape index (κ2) is 7.39. The van der Waals surface area contributed by atoms with Gasteiger partial charge in [0.1, 0.15) is 5.75 Å². The third-order valence-corrected chi connectivity index (χ3v) is 3.55. The van der Waals surface area contributed by atoms with Gasteiger partial charge < -0.3 is 4.74 Å². The fourth-order valence-corrected chi connectivity index (χ4v) is 2.19. The number of benzene rings is 2. The first-order chi connectivity index (χ1) is 11.3. The van der Waals surface area contributed by atoms with Gasteiger partial charge in [-0.25, -0.2) is 0 Å². The quantitative estimate of drug-likeness (QED) is 0.536. The van der Waals surface area contributed by atoms with Gasteiger partial charge in [0.15, 0.2) is 5.78 Å². The largest absolute Gasteiger partial charge is 0.435 e. The number of rotatable bonds is 5. The normalized spacial score (nSPS) is 11.9. The van der Waals surface area contributed by atoms with E-state index in [1.165, 1.54) is 29.8 Å². The fraction of sp³-hybridized carbons (Fsp3) is 0.250. The van der Waals surface area contributed by atoms with Gasteiger partial charge in [-0.2, -0.15) is 8.78 Å². The maximum atomic E-state index is 12.2. The number of ketones is 1. The Kier molecular flexibility index (Phi) is 5.50. The lowest BCUT2D eigenvalue weighted by molar-refractivity contribution is -0.0498. The minimum absolute atomic E-state index is 0.0289. The molecule has 0 aromatic heterocycles. The molecule has 0 saturated carbocycles. The van der Waals surface area contributed by atoms with Crippen molar-refractivity contribution in [3.8, 4) is 5.75 Å². The number of halogens is 2. The van der Waals surface area contributed by atoms with E-state index in [2.05, 4.69) is 25.5 Å². The molecule has 0 bridgehead atoms. The summed E-state index contributed by atoms with van der Waals surface area (Å²) < 4.78 is 28.7. The van der Waals surface area contributed by atoms with Crippen LogP contribution >= 0.6 is 0 Å². The van der Waals surface area contributed by atoms with Gasteiger partial charge in [-0.15, -0.1) is 0 Å². The zero-order chi connectivity index (χ0) is 17.7. The Morgan fingerprint density at radius 3 is 2.33 bits per heavy atom. The maximum Gasteiger partial charge on any atom is 0.387 e. The second-order valence-corrected chi connectivity index (χ2v) is 6.48. The van der Waals surface area contributed by atoms with E-state index in [1.54, 1.807) is 12.1 Å². The van der Waals surface area contributed by atoms with Crippen LogP contribution in [0.3, 0.4) is 0 Å². The Hall–Kier alpha value is -2.49. The van der Waals surface area contributed by atoms with Crippen LogP contribution in [0.5, 0.6) is 5.75 Å². The van der Waals surface area contributed by atoms with E-state index in [-0.39, 0.29) is 16.9 Å². The molecule has 24 heavy (non-hydrogen) atoms. The van der Waals surface area contributed by atoms with E-state index in [1.807, 2.05) is 24.3 Å². The zero-order valence-corrected chi connectivity index (χ0v) is 13.9. The molecule has 2 nitrogen and oxygen atoms in total. The molecule has 0 atom stereocenters. The van der Waals surface area contributed by atoms with Gasteiger partial charge in [0.05, 0.1) is 0 Å². The van der Waals surface area contributed by atoms with Crippen molar-refractivity contribution in [3.63, 3.8) is 0 Å². The minimum Gasteiger partial charge on any atom is -0.435 e. The smallest absolute Gasteiger partial charge is 0.387 e. The number of hydrogen-bond acceptors (Lipinski definition) is 2. The summed E-state index contributed by atoms with van der Waals surface area (Å²) in [6, 6.07) is 13.7. The van der Waals surface area contributed by atoms with Crippen LogP contribution in [-0.4, -0.2) is 12.4 Å². The van der Waals surface area contributed by atoms with Gasteiger partial charge in [0.25, 0.3) is 0 Å². The first-order valence-electron chi connectivity index (χ1n) is 7.63.